The van der Waals surface area contributed by atoms with E-state index in [2.05, 4.69) is 5.32 Å². The van der Waals surface area contributed by atoms with Crippen molar-refractivity contribution in [2.24, 2.45) is 0 Å². The molecule has 2 N–H and O–H groups in total. The highest BCUT2D eigenvalue weighted by Crippen LogP contribution is 2.11. The Morgan fingerprint density at radius 3 is 2.94 bits per heavy atom. The summed E-state index contributed by atoms with van der Waals surface area (Å²) < 4.78 is 0. The topological polar surface area (TPSA) is 49.3 Å². The molecule has 88 valence electrons. The highest BCUT2D eigenvalue weighted by molar-refractivity contribution is 6.17. The van der Waals surface area contributed by atoms with E-state index in [1.807, 2.05) is 6.92 Å². The van der Waals surface area contributed by atoms with Crippen LogP contribution in [0.5, 0.6) is 5.75 Å². The van der Waals surface area contributed by atoms with Crippen LogP contribution in [0.3, 0.4) is 0 Å². The maximum atomic E-state index is 11.7. The SMILES string of the molecule is CC(CCCCl)NC(=O)c1cccc(O)c1. The molecule has 0 saturated heterocycles. The Balaban J connectivity index is 2.52. The van der Waals surface area contributed by atoms with E-state index in [-0.39, 0.29) is 17.7 Å². The molecular formula is C12H16ClNO2. The van der Waals surface area contributed by atoms with Gasteiger partial charge in [0.15, 0.2) is 0 Å². The van der Waals surface area contributed by atoms with Crippen molar-refractivity contribution in [2.45, 2.75) is 25.8 Å². The maximum absolute atomic E-state index is 11.7. The van der Waals surface area contributed by atoms with E-state index in [0.29, 0.717) is 11.4 Å². The number of carbonyl (C=O) groups is 1. The number of nitrogens with one attached hydrogen (secondary N) is 1. The zero-order chi connectivity index (χ0) is 12.0. The second kappa shape index (κ2) is 6.38. The molecule has 16 heavy (non-hydrogen) atoms. The number of hydrogen-bond acceptors (Lipinski definition) is 2. The molecule has 1 aromatic rings. The first-order valence-electron chi connectivity index (χ1n) is 5.29. The molecule has 1 rings (SSSR count). The van der Waals surface area contributed by atoms with Crippen molar-refractivity contribution >= 4 is 17.5 Å². The van der Waals surface area contributed by atoms with E-state index in [4.69, 9.17) is 11.6 Å². The maximum Gasteiger partial charge on any atom is 0.251 e. The third kappa shape index (κ3) is 4.11. The molecule has 0 saturated carbocycles. The number of benzene rings is 1. The van der Waals surface area contributed by atoms with Crippen LogP contribution < -0.4 is 5.32 Å². The summed E-state index contributed by atoms with van der Waals surface area (Å²) in [4.78, 5) is 11.7. The second-order valence-electron chi connectivity index (χ2n) is 3.76. The van der Waals surface area contributed by atoms with Gasteiger partial charge in [-0.2, -0.15) is 0 Å². The number of aromatic hydroxyl groups is 1. The number of halogens is 1. The van der Waals surface area contributed by atoms with Crippen molar-refractivity contribution in [3.8, 4) is 5.75 Å². The number of carbonyl (C=O) groups excluding carboxylic acids is 1. The van der Waals surface area contributed by atoms with Crippen molar-refractivity contribution in [3.63, 3.8) is 0 Å². The highest BCUT2D eigenvalue weighted by atomic mass is 35.5. The molecule has 1 aromatic carbocycles. The van der Waals surface area contributed by atoms with Gasteiger partial charge in [-0.25, -0.2) is 0 Å². The number of phenols is 1. The van der Waals surface area contributed by atoms with Crippen LogP contribution in [0.2, 0.25) is 0 Å². The molecule has 0 aliphatic rings. The van der Waals surface area contributed by atoms with Crippen LogP contribution in [-0.4, -0.2) is 22.9 Å². The average molecular weight is 242 g/mol. The molecular weight excluding hydrogens is 226 g/mol. The zero-order valence-corrected chi connectivity index (χ0v) is 10.00. The molecule has 0 aromatic heterocycles. The Hall–Kier alpha value is -1.22. The van der Waals surface area contributed by atoms with Gasteiger partial charge in [-0.05, 0) is 38.0 Å². The minimum atomic E-state index is -0.169. The van der Waals surface area contributed by atoms with E-state index in [1.165, 1.54) is 12.1 Å². The van der Waals surface area contributed by atoms with Crippen LogP contribution in [-0.2, 0) is 0 Å². The Morgan fingerprint density at radius 2 is 2.31 bits per heavy atom. The molecule has 0 heterocycles. The van der Waals surface area contributed by atoms with Gasteiger partial charge in [-0.15, -0.1) is 11.6 Å². The molecule has 1 unspecified atom stereocenters. The van der Waals surface area contributed by atoms with Crippen molar-refractivity contribution in [3.05, 3.63) is 29.8 Å². The summed E-state index contributed by atoms with van der Waals surface area (Å²) >= 11 is 5.57. The fourth-order valence-corrected chi connectivity index (χ4v) is 1.56. The van der Waals surface area contributed by atoms with Crippen LogP contribution in [0.25, 0.3) is 0 Å². The molecule has 0 aliphatic carbocycles. The lowest BCUT2D eigenvalue weighted by Crippen LogP contribution is -2.32. The molecule has 0 radical (unpaired) electrons. The summed E-state index contributed by atoms with van der Waals surface area (Å²) in [6.45, 7) is 1.94. The fraction of sp³-hybridized carbons (Fsp3) is 0.417. The summed E-state index contributed by atoms with van der Waals surface area (Å²) in [7, 11) is 0. The number of amides is 1. The Bertz CT molecular complexity index is 355. The Morgan fingerprint density at radius 1 is 1.56 bits per heavy atom. The van der Waals surface area contributed by atoms with Crippen molar-refractivity contribution in [2.75, 3.05) is 5.88 Å². The summed E-state index contributed by atoms with van der Waals surface area (Å²) in [5.74, 6) is 0.533. The fourth-order valence-electron chi connectivity index (χ4n) is 1.41. The summed E-state index contributed by atoms with van der Waals surface area (Å²) in [6.07, 6.45) is 1.73. The van der Waals surface area contributed by atoms with Crippen LogP contribution >= 0.6 is 11.6 Å². The number of alkyl halides is 1. The monoisotopic (exact) mass is 241 g/mol. The number of phenolic OH excluding ortho intramolecular Hbond substituents is 1. The first kappa shape index (κ1) is 12.8. The Kier molecular flexibility index (Phi) is 5.12. The number of hydrogen-bond donors (Lipinski definition) is 2. The molecule has 1 amide bonds. The quantitative estimate of drug-likeness (QED) is 0.779. The van der Waals surface area contributed by atoms with E-state index in [9.17, 15) is 9.90 Å². The lowest BCUT2D eigenvalue weighted by Gasteiger charge is -2.13. The molecule has 4 heteroatoms. The summed E-state index contributed by atoms with van der Waals surface area (Å²) in [5, 5.41) is 12.1. The predicted molar refractivity (Wildman–Crippen MR) is 65.0 cm³/mol. The van der Waals surface area contributed by atoms with Crippen molar-refractivity contribution in [1.29, 1.82) is 0 Å². The normalized spacial score (nSPS) is 12.1. The second-order valence-corrected chi connectivity index (χ2v) is 4.13. The third-order valence-electron chi connectivity index (χ3n) is 2.26. The average Bonchev–Trinajstić information content (AvgIpc) is 2.26. The van der Waals surface area contributed by atoms with Crippen LogP contribution in [0.1, 0.15) is 30.1 Å². The molecule has 1 atom stereocenters. The van der Waals surface area contributed by atoms with Gasteiger partial charge in [0, 0.05) is 17.5 Å². The molecule has 0 aliphatic heterocycles. The minimum absolute atomic E-state index is 0.0913. The van der Waals surface area contributed by atoms with Crippen LogP contribution in [0.4, 0.5) is 0 Å². The van der Waals surface area contributed by atoms with Gasteiger partial charge in [0.2, 0.25) is 0 Å². The minimum Gasteiger partial charge on any atom is -0.508 e. The number of rotatable bonds is 5. The summed E-state index contributed by atoms with van der Waals surface area (Å²) in [5.41, 5.74) is 0.470. The van der Waals surface area contributed by atoms with Gasteiger partial charge in [-0.1, -0.05) is 6.07 Å². The molecule has 0 bridgehead atoms. The van der Waals surface area contributed by atoms with E-state index < -0.39 is 0 Å². The van der Waals surface area contributed by atoms with E-state index >= 15 is 0 Å². The first-order valence-corrected chi connectivity index (χ1v) is 5.83. The lowest BCUT2D eigenvalue weighted by atomic mass is 10.1. The zero-order valence-electron chi connectivity index (χ0n) is 9.24. The standard InChI is InChI=1S/C12H16ClNO2/c1-9(4-3-7-13)14-12(16)10-5-2-6-11(15)8-10/h2,5-6,8-9,15H,3-4,7H2,1H3,(H,14,16). The predicted octanol–water partition coefficient (Wildman–Crippen LogP) is 2.53. The summed E-state index contributed by atoms with van der Waals surface area (Å²) in [6, 6.07) is 6.39. The first-order chi connectivity index (χ1) is 7.63. The van der Waals surface area contributed by atoms with Crippen LogP contribution in [0.15, 0.2) is 24.3 Å². The van der Waals surface area contributed by atoms with Gasteiger partial charge < -0.3 is 10.4 Å². The third-order valence-corrected chi connectivity index (χ3v) is 2.52. The smallest absolute Gasteiger partial charge is 0.251 e. The lowest BCUT2D eigenvalue weighted by molar-refractivity contribution is 0.0938. The van der Waals surface area contributed by atoms with Gasteiger partial charge >= 0.3 is 0 Å². The largest absolute Gasteiger partial charge is 0.508 e. The van der Waals surface area contributed by atoms with E-state index in [0.717, 1.165) is 12.8 Å². The van der Waals surface area contributed by atoms with E-state index in [1.54, 1.807) is 12.1 Å². The highest BCUT2D eigenvalue weighted by Gasteiger charge is 2.09. The van der Waals surface area contributed by atoms with Crippen LogP contribution in [0, 0.1) is 0 Å². The van der Waals surface area contributed by atoms with Gasteiger partial charge in [0.1, 0.15) is 5.75 Å². The van der Waals surface area contributed by atoms with Gasteiger partial charge in [0.05, 0.1) is 0 Å². The van der Waals surface area contributed by atoms with Gasteiger partial charge in [0.25, 0.3) is 5.91 Å². The van der Waals surface area contributed by atoms with Crippen molar-refractivity contribution in [1.82, 2.24) is 5.32 Å². The van der Waals surface area contributed by atoms with Gasteiger partial charge in [-0.3, -0.25) is 4.79 Å². The van der Waals surface area contributed by atoms with Crippen molar-refractivity contribution < 1.29 is 9.90 Å². The molecule has 3 nitrogen and oxygen atoms in total. The Labute approximate surface area is 100 Å². The molecule has 0 fully saturated rings. The molecule has 0 spiro atoms.